The van der Waals surface area contributed by atoms with Gasteiger partial charge >= 0.3 is 6.18 Å². The van der Waals surface area contributed by atoms with E-state index in [0.29, 0.717) is 10.8 Å². The van der Waals surface area contributed by atoms with Crippen molar-refractivity contribution in [2.24, 2.45) is 0 Å². The Kier molecular flexibility index (Phi) is 6.24. The van der Waals surface area contributed by atoms with E-state index in [0.717, 1.165) is 24.7 Å². The lowest BCUT2D eigenvalue weighted by Gasteiger charge is -2.14. The Labute approximate surface area is 144 Å². The number of carbonyl (C=O) groups excluding carboxylic acids is 1. The molecule has 1 aromatic heterocycles. The van der Waals surface area contributed by atoms with Crippen molar-refractivity contribution in [2.45, 2.75) is 36.0 Å². The predicted molar refractivity (Wildman–Crippen MR) is 90.9 cm³/mol. The normalized spacial score (nSPS) is 16.7. The summed E-state index contributed by atoms with van der Waals surface area (Å²) >= 11 is 1.34. The highest BCUT2D eigenvalue weighted by molar-refractivity contribution is 8.15. The Balaban J connectivity index is 2.53. The summed E-state index contributed by atoms with van der Waals surface area (Å²) in [6, 6.07) is 2.91. The van der Waals surface area contributed by atoms with Gasteiger partial charge in [0.05, 0.1) is 11.1 Å². The standard InChI is InChI=1S/C16H15F3N2OS2/c1-2-3-6-23-14-11(10-20)9-12(13(22)16(17,18)19)15(21-14)24-7-4-5-8-24/h4-5,7,9H,2-3,6,8H2,1H3. The number of halogens is 3. The number of nitriles is 1. The first kappa shape index (κ1) is 18.7. The summed E-state index contributed by atoms with van der Waals surface area (Å²) in [5.41, 5.74) is -0.495. The number of carbonyl (C=O) groups is 1. The van der Waals surface area contributed by atoms with Crippen molar-refractivity contribution in [2.75, 3.05) is 11.5 Å². The molecule has 128 valence electrons. The molecule has 1 aliphatic rings. The fraction of sp³-hybridized carbons (Fsp3) is 0.375. The van der Waals surface area contributed by atoms with Crippen LogP contribution in [0.25, 0.3) is 0 Å². The topological polar surface area (TPSA) is 53.8 Å². The largest absolute Gasteiger partial charge is 0.454 e. The summed E-state index contributed by atoms with van der Waals surface area (Å²) in [6.45, 7) is 2.02. The predicted octanol–water partition coefficient (Wildman–Crippen LogP) is 4.59. The molecule has 24 heavy (non-hydrogen) atoms. The zero-order valence-corrected chi connectivity index (χ0v) is 14.5. The van der Waals surface area contributed by atoms with Crippen LogP contribution in [-0.2, 0) is 0 Å². The van der Waals surface area contributed by atoms with Gasteiger partial charge in [0.1, 0.15) is 16.1 Å². The van der Waals surface area contributed by atoms with E-state index in [9.17, 15) is 23.2 Å². The van der Waals surface area contributed by atoms with E-state index >= 15 is 0 Å². The van der Waals surface area contributed by atoms with Gasteiger partial charge in [-0.2, -0.15) is 18.4 Å². The van der Waals surface area contributed by atoms with Crippen LogP contribution in [0.4, 0.5) is 13.2 Å². The minimum absolute atomic E-state index is 0.0169. The quantitative estimate of drug-likeness (QED) is 0.317. The molecule has 0 aromatic carbocycles. The molecule has 1 aliphatic heterocycles. The molecule has 2 rings (SSSR count). The number of Topliss-reactive ketones (excluding diaryl/α,β-unsaturated/α-hetero) is 1. The molecule has 8 heteroatoms. The third-order valence-electron chi connectivity index (χ3n) is 3.21. The van der Waals surface area contributed by atoms with Gasteiger partial charge in [0.25, 0.3) is 5.78 Å². The summed E-state index contributed by atoms with van der Waals surface area (Å²) in [5, 5.41) is 11.5. The average molecular weight is 372 g/mol. The summed E-state index contributed by atoms with van der Waals surface area (Å²) in [7, 11) is -0.676. The van der Waals surface area contributed by atoms with E-state index in [1.165, 1.54) is 11.8 Å². The number of hydrogen-bond donors (Lipinski definition) is 0. The minimum Gasteiger partial charge on any atom is -0.284 e. The molecule has 0 fully saturated rings. The van der Waals surface area contributed by atoms with Crippen LogP contribution in [0.15, 0.2) is 28.3 Å². The summed E-state index contributed by atoms with van der Waals surface area (Å²) < 4.78 is 38.7. The number of ketones is 1. The third kappa shape index (κ3) is 4.28. The molecule has 0 amide bonds. The van der Waals surface area contributed by atoms with Crippen molar-refractivity contribution >= 4 is 33.4 Å². The van der Waals surface area contributed by atoms with Crippen LogP contribution >= 0.6 is 22.2 Å². The molecule has 0 aliphatic carbocycles. The van der Waals surface area contributed by atoms with Gasteiger partial charge in [0.2, 0.25) is 0 Å². The van der Waals surface area contributed by atoms with Crippen molar-refractivity contribution in [3.8, 4) is 6.07 Å². The molecular formula is C16H15F3N2OS2. The summed E-state index contributed by atoms with van der Waals surface area (Å²) in [5.74, 6) is -0.699. The number of unbranched alkanes of at least 4 members (excludes halogenated alkanes) is 1. The Morgan fingerprint density at radius 2 is 2.25 bits per heavy atom. The molecule has 2 heterocycles. The van der Waals surface area contributed by atoms with E-state index in [2.05, 4.69) is 4.98 Å². The van der Waals surface area contributed by atoms with Gasteiger partial charge in [-0.05, 0) is 23.6 Å². The Bertz CT molecular complexity index is 749. The second-order valence-electron chi connectivity index (χ2n) is 4.99. The Hall–Kier alpha value is -1.59. The van der Waals surface area contributed by atoms with Crippen molar-refractivity contribution in [3.63, 3.8) is 0 Å². The van der Waals surface area contributed by atoms with Crippen molar-refractivity contribution in [3.05, 3.63) is 29.3 Å². The van der Waals surface area contributed by atoms with Crippen LogP contribution in [0.1, 0.15) is 35.7 Å². The zero-order chi connectivity index (χ0) is 17.7. The molecule has 1 atom stereocenters. The number of alkyl halides is 3. The maximum absolute atomic E-state index is 12.9. The van der Waals surface area contributed by atoms with Gasteiger partial charge in [-0.25, -0.2) is 4.98 Å². The fourth-order valence-electron chi connectivity index (χ4n) is 2.01. The van der Waals surface area contributed by atoms with Crippen LogP contribution in [0, 0.1) is 11.3 Å². The lowest BCUT2D eigenvalue weighted by Crippen LogP contribution is -2.24. The van der Waals surface area contributed by atoms with Gasteiger partial charge in [-0.15, -0.1) is 22.2 Å². The van der Waals surface area contributed by atoms with Crippen molar-refractivity contribution < 1.29 is 18.0 Å². The smallest absolute Gasteiger partial charge is 0.284 e. The lowest BCUT2D eigenvalue weighted by molar-refractivity contribution is -0.0887. The molecule has 0 saturated heterocycles. The molecule has 0 radical (unpaired) electrons. The van der Waals surface area contributed by atoms with Crippen molar-refractivity contribution in [1.29, 1.82) is 5.26 Å². The summed E-state index contributed by atoms with van der Waals surface area (Å²) in [4.78, 5) is 16.1. The van der Waals surface area contributed by atoms with E-state index in [-0.39, 0.29) is 10.6 Å². The zero-order valence-electron chi connectivity index (χ0n) is 12.9. The number of allylic oxidation sites excluding steroid dienone is 1. The van der Waals surface area contributed by atoms with Gasteiger partial charge in [0, 0.05) is 5.75 Å². The number of aromatic nitrogens is 1. The van der Waals surface area contributed by atoms with Gasteiger partial charge < -0.3 is 0 Å². The highest BCUT2D eigenvalue weighted by Gasteiger charge is 2.41. The molecule has 0 N–H and O–H groups in total. The molecule has 1 aromatic rings. The van der Waals surface area contributed by atoms with Crippen molar-refractivity contribution in [1.82, 2.24) is 4.98 Å². The number of hydrogen-bond acceptors (Lipinski definition) is 4. The summed E-state index contributed by atoms with van der Waals surface area (Å²) in [6.07, 6.45) is 0.476. The van der Waals surface area contributed by atoms with Crippen LogP contribution in [0.3, 0.4) is 0 Å². The number of thioether (sulfide) groups is 1. The van der Waals surface area contributed by atoms with E-state index in [1.54, 1.807) is 11.4 Å². The SMILES string of the molecule is CCCCSc1nc(S2=CC=CC2)c(C(=O)C(F)(F)F)cc1C#N. The number of nitrogens with zero attached hydrogens (tertiary/aromatic N) is 2. The van der Waals surface area contributed by atoms with Crippen LogP contribution in [-0.4, -0.2) is 33.8 Å². The monoisotopic (exact) mass is 372 g/mol. The highest BCUT2D eigenvalue weighted by atomic mass is 32.2. The molecule has 0 bridgehead atoms. The lowest BCUT2D eigenvalue weighted by atomic mass is 10.1. The van der Waals surface area contributed by atoms with Crippen LogP contribution in [0.2, 0.25) is 0 Å². The highest BCUT2D eigenvalue weighted by Crippen LogP contribution is 2.36. The Morgan fingerprint density at radius 3 is 2.79 bits per heavy atom. The second kappa shape index (κ2) is 7.99. The number of rotatable bonds is 6. The van der Waals surface area contributed by atoms with Gasteiger partial charge in [-0.3, -0.25) is 4.79 Å². The molecule has 3 nitrogen and oxygen atoms in total. The van der Waals surface area contributed by atoms with E-state index in [4.69, 9.17) is 0 Å². The maximum atomic E-state index is 12.9. The second-order valence-corrected chi connectivity index (χ2v) is 7.93. The fourth-order valence-corrected chi connectivity index (χ4v) is 4.77. The molecular weight excluding hydrogens is 357 g/mol. The first-order valence-electron chi connectivity index (χ1n) is 7.27. The van der Waals surface area contributed by atoms with Gasteiger partial charge in [0.15, 0.2) is 0 Å². The first-order valence-corrected chi connectivity index (χ1v) is 9.72. The first-order chi connectivity index (χ1) is 11.4. The number of pyridine rings is 1. The van der Waals surface area contributed by atoms with E-state index < -0.39 is 28.0 Å². The van der Waals surface area contributed by atoms with E-state index in [1.807, 2.05) is 19.1 Å². The maximum Gasteiger partial charge on any atom is 0.454 e. The Morgan fingerprint density at radius 1 is 1.50 bits per heavy atom. The van der Waals surface area contributed by atoms with Crippen LogP contribution < -0.4 is 0 Å². The van der Waals surface area contributed by atoms with Gasteiger partial charge in [-0.1, -0.05) is 25.5 Å². The average Bonchev–Trinajstić information content (AvgIpc) is 3.07. The molecule has 1 unspecified atom stereocenters. The molecule has 0 saturated carbocycles. The minimum atomic E-state index is -4.99. The third-order valence-corrected chi connectivity index (χ3v) is 6.14. The van der Waals surface area contributed by atoms with Crippen LogP contribution in [0.5, 0.6) is 0 Å². The molecule has 0 spiro atoms.